The van der Waals surface area contributed by atoms with E-state index in [2.05, 4.69) is 10.6 Å². The molecule has 0 spiro atoms. The summed E-state index contributed by atoms with van der Waals surface area (Å²) < 4.78 is 5.37. The van der Waals surface area contributed by atoms with Gasteiger partial charge >= 0.3 is 6.03 Å². The van der Waals surface area contributed by atoms with Crippen LogP contribution in [0.4, 0.5) is 4.79 Å². The molecule has 1 aromatic heterocycles. The minimum Gasteiger partial charge on any atom is -0.466 e. The van der Waals surface area contributed by atoms with Crippen molar-refractivity contribution in [1.29, 1.82) is 0 Å². The highest BCUT2D eigenvalue weighted by molar-refractivity contribution is 5.73. The molecule has 1 aromatic rings. The molecule has 0 aliphatic carbocycles. The number of hydrogen-bond acceptors (Lipinski definition) is 3. The standard InChI is InChI=1S/C12H20N2O3/c1-5-13-11(15)14-7-12(4,16)10-6-8(2)17-9(10)3/h6,16H,5,7H2,1-4H3,(H2,13,14,15). The van der Waals surface area contributed by atoms with Gasteiger partial charge in [-0.2, -0.15) is 0 Å². The summed E-state index contributed by atoms with van der Waals surface area (Å²) in [5, 5.41) is 15.5. The molecule has 96 valence electrons. The molecule has 5 nitrogen and oxygen atoms in total. The fourth-order valence-electron chi connectivity index (χ4n) is 1.74. The maximum atomic E-state index is 11.3. The molecule has 1 atom stereocenters. The van der Waals surface area contributed by atoms with Crippen molar-refractivity contribution in [3.63, 3.8) is 0 Å². The molecule has 0 saturated carbocycles. The Kier molecular flexibility index (Phi) is 4.17. The van der Waals surface area contributed by atoms with Crippen molar-refractivity contribution in [3.05, 3.63) is 23.2 Å². The molecule has 0 bridgehead atoms. The number of carbonyl (C=O) groups excluding carboxylic acids is 1. The number of amides is 2. The predicted molar refractivity (Wildman–Crippen MR) is 64.8 cm³/mol. The molecule has 2 amide bonds. The first-order valence-electron chi connectivity index (χ1n) is 5.68. The summed E-state index contributed by atoms with van der Waals surface area (Å²) in [6.07, 6.45) is 0. The molecular weight excluding hydrogens is 220 g/mol. The van der Waals surface area contributed by atoms with E-state index in [1.54, 1.807) is 19.9 Å². The van der Waals surface area contributed by atoms with Crippen LogP contribution in [0.1, 0.15) is 30.9 Å². The lowest BCUT2D eigenvalue weighted by Gasteiger charge is -2.23. The van der Waals surface area contributed by atoms with Gasteiger partial charge in [0.25, 0.3) is 0 Å². The van der Waals surface area contributed by atoms with Crippen molar-refractivity contribution in [2.75, 3.05) is 13.1 Å². The van der Waals surface area contributed by atoms with Gasteiger partial charge in [-0.05, 0) is 33.8 Å². The van der Waals surface area contributed by atoms with Crippen LogP contribution in [0.25, 0.3) is 0 Å². The third-order valence-corrected chi connectivity index (χ3v) is 2.55. The van der Waals surface area contributed by atoms with E-state index >= 15 is 0 Å². The highest BCUT2D eigenvalue weighted by Crippen LogP contribution is 2.26. The van der Waals surface area contributed by atoms with E-state index in [1.807, 2.05) is 13.8 Å². The van der Waals surface area contributed by atoms with Crippen molar-refractivity contribution >= 4 is 6.03 Å². The highest BCUT2D eigenvalue weighted by atomic mass is 16.3. The van der Waals surface area contributed by atoms with E-state index in [0.29, 0.717) is 17.9 Å². The maximum Gasteiger partial charge on any atom is 0.314 e. The van der Waals surface area contributed by atoms with Gasteiger partial charge in [0.15, 0.2) is 0 Å². The van der Waals surface area contributed by atoms with Gasteiger partial charge in [-0.1, -0.05) is 0 Å². The molecule has 0 aliphatic heterocycles. The molecule has 3 N–H and O–H groups in total. The Bertz CT molecular complexity index is 396. The molecule has 0 saturated heterocycles. The molecule has 5 heteroatoms. The molecule has 0 fully saturated rings. The summed E-state index contributed by atoms with van der Waals surface area (Å²) in [5.41, 5.74) is -0.431. The molecule has 1 rings (SSSR count). The summed E-state index contributed by atoms with van der Waals surface area (Å²) in [5.74, 6) is 1.42. The van der Waals surface area contributed by atoms with Crippen LogP contribution in [0.3, 0.4) is 0 Å². The Morgan fingerprint density at radius 3 is 2.59 bits per heavy atom. The minimum atomic E-state index is -1.13. The van der Waals surface area contributed by atoms with Gasteiger partial charge in [-0.25, -0.2) is 4.79 Å². The number of aryl methyl sites for hydroxylation is 2. The molecule has 0 radical (unpaired) electrons. The second-order valence-corrected chi connectivity index (χ2v) is 4.31. The second kappa shape index (κ2) is 5.23. The van der Waals surface area contributed by atoms with E-state index in [4.69, 9.17) is 4.42 Å². The zero-order valence-electron chi connectivity index (χ0n) is 10.8. The van der Waals surface area contributed by atoms with Crippen molar-refractivity contribution in [1.82, 2.24) is 10.6 Å². The van der Waals surface area contributed by atoms with Gasteiger partial charge in [0.2, 0.25) is 0 Å². The van der Waals surface area contributed by atoms with E-state index in [0.717, 1.165) is 5.76 Å². The fourth-order valence-corrected chi connectivity index (χ4v) is 1.74. The van der Waals surface area contributed by atoms with Crippen LogP contribution in [0.2, 0.25) is 0 Å². The third kappa shape index (κ3) is 3.49. The number of furan rings is 1. The molecule has 0 aromatic carbocycles. The van der Waals surface area contributed by atoms with Gasteiger partial charge in [-0.3, -0.25) is 0 Å². The summed E-state index contributed by atoms with van der Waals surface area (Å²) in [4.78, 5) is 11.3. The molecule has 0 aliphatic rings. The van der Waals surface area contributed by atoms with Crippen molar-refractivity contribution in [2.45, 2.75) is 33.3 Å². The Morgan fingerprint density at radius 1 is 1.47 bits per heavy atom. The average Bonchev–Trinajstić information content (AvgIpc) is 2.56. The molecule has 1 unspecified atom stereocenters. The zero-order chi connectivity index (χ0) is 13.1. The van der Waals surface area contributed by atoms with Gasteiger partial charge in [0, 0.05) is 12.1 Å². The van der Waals surface area contributed by atoms with Gasteiger partial charge in [-0.15, -0.1) is 0 Å². The molecule has 17 heavy (non-hydrogen) atoms. The summed E-state index contributed by atoms with van der Waals surface area (Å²) in [6.45, 7) is 7.79. The fraction of sp³-hybridized carbons (Fsp3) is 0.583. The minimum absolute atomic E-state index is 0.138. The molecular formula is C12H20N2O3. The largest absolute Gasteiger partial charge is 0.466 e. The van der Waals surface area contributed by atoms with Gasteiger partial charge in [0.05, 0.1) is 6.54 Å². The maximum absolute atomic E-state index is 11.3. The van der Waals surface area contributed by atoms with Gasteiger partial charge < -0.3 is 20.2 Å². The van der Waals surface area contributed by atoms with Crippen LogP contribution in [0, 0.1) is 13.8 Å². The van der Waals surface area contributed by atoms with Crippen molar-refractivity contribution in [2.24, 2.45) is 0 Å². The Morgan fingerprint density at radius 2 is 2.12 bits per heavy atom. The number of urea groups is 1. The number of rotatable bonds is 4. The first-order valence-corrected chi connectivity index (χ1v) is 5.68. The van der Waals surface area contributed by atoms with E-state index < -0.39 is 5.60 Å². The average molecular weight is 240 g/mol. The lowest BCUT2D eigenvalue weighted by atomic mass is 9.96. The molecule has 1 heterocycles. The summed E-state index contributed by atoms with van der Waals surface area (Å²) >= 11 is 0. The van der Waals surface area contributed by atoms with Crippen molar-refractivity contribution in [3.8, 4) is 0 Å². The lowest BCUT2D eigenvalue weighted by molar-refractivity contribution is 0.0579. The lowest BCUT2D eigenvalue weighted by Crippen LogP contribution is -2.43. The van der Waals surface area contributed by atoms with Crippen LogP contribution >= 0.6 is 0 Å². The highest BCUT2D eigenvalue weighted by Gasteiger charge is 2.28. The Hall–Kier alpha value is -1.49. The topological polar surface area (TPSA) is 74.5 Å². The van der Waals surface area contributed by atoms with Crippen LogP contribution < -0.4 is 10.6 Å². The number of hydrogen-bond donors (Lipinski definition) is 3. The number of carbonyl (C=O) groups is 1. The SMILES string of the molecule is CCNC(=O)NCC(C)(O)c1cc(C)oc1C. The summed E-state index contributed by atoms with van der Waals surface area (Å²) in [6, 6.07) is 1.50. The normalized spacial score (nSPS) is 14.2. The van der Waals surface area contributed by atoms with Crippen LogP contribution in [-0.4, -0.2) is 24.2 Å². The van der Waals surface area contributed by atoms with E-state index in [9.17, 15) is 9.90 Å². The quantitative estimate of drug-likeness (QED) is 0.745. The van der Waals surface area contributed by atoms with E-state index in [-0.39, 0.29) is 12.6 Å². The van der Waals surface area contributed by atoms with E-state index in [1.165, 1.54) is 0 Å². The Balaban J connectivity index is 2.68. The van der Waals surface area contributed by atoms with Crippen LogP contribution in [-0.2, 0) is 5.60 Å². The zero-order valence-corrected chi connectivity index (χ0v) is 10.8. The van der Waals surface area contributed by atoms with Crippen LogP contribution in [0.15, 0.2) is 10.5 Å². The third-order valence-electron chi connectivity index (χ3n) is 2.55. The first-order chi connectivity index (χ1) is 7.86. The number of aliphatic hydroxyl groups is 1. The monoisotopic (exact) mass is 240 g/mol. The van der Waals surface area contributed by atoms with Crippen LogP contribution in [0.5, 0.6) is 0 Å². The first kappa shape index (κ1) is 13.6. The van der Waals surface area contributed by atoms with Crippen molar-refractivity contribution < 1.29 is 14.3 Å². The summed E-state index contributed by atoms with van der Waals surface area (Å²) in [7, 11) is 0. The Labute approximate surface area is 101 Å². The number of nitrogens with one attached hydrogen (secondary N) is 2. The smallest absolute Gasteiger partial charge is 0.314 e. The predicted octanol–water partition coefficient (Wildman–Crippen LogP) is 1.42. The van der Waals surface area contributed by atoms with Gasteiger partial charge in [0.1, 0.15) is 17.1 Å². The second-order valence-electron chi connectivity index (χ2n) is 4.31.